The average Bonchev–Trinajstić information content (AvgIpc) is 0.762. The minimum Gasteiger partial charge on any atom is -0.394 e. The monoisotopic (exact) mass is 1680 g/mol. The third kappa shape index (κ3) is 19.9. The van der Waals surface area contributed by atoms with Gasteiger partial charge in [-0.15, -0.1) is 0 Å². The Morgan fingerprint density at radius 2 is 0.465 bits per heavy atom. The van der Waals surface area contributed by atoms with Gasteiger partial charge in [-0.3, -0.25) is 4.79 Å². The fraction of sp³-hybridized carbons (Fsp3) is 0.984. The zero-order chi connectivity index (χ0) is 83.7. The molecule has 0 saturated carbocycles. The van der Waals surface area contributed by atoms with Gasteiger partial charge < -0.3 is 254 Å². The summed E-state index contributed by atoms with van der Waals surface area (Å²) in [5.74, 6) is -0.891. The van der Waals surface area contributed by atoms with Gasteiger partial charge in [0, 0.05) is 6.92 Å². The van der Waals surface area contributed by atoms with Crippen LogP contribution in [0.2, 0.25) is 0 Å². The zero-order valence-electron chi connectivity index (χ0n) is 60.0. The molecular weight excluding hydrogens is 1570 g/mol. The van der Waals surface area contributed by atoms with E-state index in [0.29, 0.717) is 0 Å². The molecule has 0 bridgehead atoms. The highest BCUT2D eigenvalue weighted by atomic mass is 16.8. The average molecular weight is 1680 g/mol. The number of nitrogens with one attached hydrogen (secondary N) is 1. The summed E-state index contributed by atoms with van der Waals surface area (Å²) in [6.07, 6.45) is -106. The van der Waals surface area contributed by atoms with Crippen molar-refractivity contribution in [3.8, 4) is 0 Å². The lowest BCUT2D eigenvalue weighted by molar-refractivity contribution is -0.409. The Labute approximate surface area is 642 Å². The Kier molecular flexibility index (Phi) is 33.4. The van der Waals surface area contributed by atoms with Gasteiger partial charge >= 0.3 is 0 Å². The largest absolute Gasteiger partial charge is 0.394 e. The first-order valence-corrected chi connectivity index (χ1v) is 36.2. The van der Waals surface area contributed by atoms with Gasteiger partial charge in [-0.05, 0) is 0 Å². The van der Waals surface area contributed by atoms with Crippen LogP contribution in [0, 0.1) is 0 Å². The van der Waals surface area contributed by atoms with E-state index in [0.717, 1.165) is 6.92 Å². The molecule has 0 spiro atoms. The molecule has 0 radical (unpaired) electrons. The van der Waals surface area contributed by atoms with Crippen LogP contribution in [0.25, 0.3) is 0 Å². The quantitative estimate of drug-likeness (QED) is 0.0331. The number of amides is 1. The maximum absolute atomic E-state index is 12.7. The summed E-state index contributed by atoms with van der Waals surface area (Å²) in [5, 5.41) is 343. The van der Waals surface area contributed by atoms with E-state index in [2.05, 4.69) is 5.32 Å². The van der Waals surface area contributed by atoms with E-state index in [4.69, 9.17) is 90.0 Å². The molecule has 10 saturated heterocycles. The maximum Gasteiger partial charge on any atom is 0.217 e. The molecule has 0 aliphatic carbocycles. The van der Waals surface area contributed by atoms with Gasteiger partial charge in [0.05, 0.1) is 66.1 Å². The van der Waals surface area contributed by atoms with Crippen molar-refractivity contribution in [2.45, 2.75) is 314 Å². The Hall–Kier alpha value is -2.53. The molecule has 10 aliphatic heterocycles. The standard InChI is InChI=1S/C62H105NO51/c1-12(71)63-23-33(81)47(19(8-70)99-53(23)95)109-59-46(94)49(111-62-52(40(88)30(78)20(108-62)9-96-54-41(89)34(82)24(72)13(2-64)100-54)114-61-51(39(87)29(77)18(7-69)105-61)113-58-44(92)37(85)27(75)16(5-67)103-58)32(80)22(107-59)10-97-55-45(93)48(110-56-42(90)35(83)25(73)14(3-65)101-56)31(79)21(106-55)11-98-60-50(38(86)28(76)17(6-68)104-60)112-57-43(91)36(84)26(74)15(4-66)102-57/h13-62,64-70,72-95H,2-11H2,1H3,(H,63,71)/t13-,14-,15-,16-,17-,18-,19-,20-,21-,22-,23-,24-,25-,26-,27-,28-,29-,30-,31-,32-,33-,34-,35+,36+,37+,38+,39+,40+,41+,42+,43+,44+,45+,46+,47-,48+,49+,50+,51+,52+,53-,54+,55+,56-,57-,58-,59-,60+,61-,62-/m1/s1. The third-order valence-electron chi connectivity index (χ3n) is 21.2. The molecule has 10 aliphatic rings. The molecule has 0 aromatic heterocycles. The van der Waals surface area contributed by atoms with Crippen molar-refractivity contribution < 1.29 is 253 Å². The van der Waals surface area contributed by atoms with E-state index >= 15 is 0 Å². The molecule has 664 valence electrons. The second-order valence-corrected chi connectivity index (χ2v) is 28.8. The number of aliphatic hydroxyl groups is 31. The molecule has 32 N–H and O–H groups in total. The molecule has 50 atom stereocenters. The molecule has 0 unspecified atom stereocenters. The van der Waals surface area contributed by atoms with Crippen LogP contribution < -0.4 is 5.32 Å². The van der Waals surface area contributed by atoms with Crippen molar-refractivity contribution in [2.75, 3.05) is 66.1 Å². The van der Waals surface area contributed by atoms with E-state index in [9.17, 15) is 163 Å². The first-order chi connectivity index (χ1) is 54.0. The van der Waals surface area contributed by atoms with E-state index in [1.165, 1.54) is 0 Å². The number of aliphatic hydroxyl groups excluding tert-OH is 31. The molecule has 10 heterocycles. The molecule has 52 nitrogen and oxygen atoms in total. The van der Waals surface area contributed by atoms with Crippen LogP contribution in [0.1, 0.15) is 6.92 Å². The lowest BCUT2D eigenvalue weighted by Crippen LogP contribution is -2.69. The minimum absolute atomic E-state index is 0.891. The highest BCUT2D eigenvalue weighted by Gasteiger charge is 2.61. The number of hydrogen-bond donors (Lipinski definition) is 32. The van der Waals surface area contributed by atoms with Crippen LogP contribution in [0.3, 0.4) is 0 Å². The second kappa shape index (κ2) is 40.6. The van der Waals surface area contributed by atoms with Crippen LogP contribution in [0.15, 0.2) is 0 Å². The van der Waals surface area contributed by atoms with Crippen molar-refractivity contribution in [1.82, 2.24) is 5.32 Å². The number of ether oxygens (including phenoxy) is 19. The van der Waals surface area contributed by atoms with E-state index < -0.39 is 379 Å². The van der Waals surface area contributed by atoms with Crippen LogP contribution in [0.5, 0.6) is 0 Å². The zero-order valence-corrected chi connectivity index (χ0v) is 60.0. The number of rotatable bonds is 29. The summed E-state index contributed by atoms with van der Waals surface area (Å²) in [5.41, 5.74) is 0. The van der Waals surface area contributed by atoms with Gasteiger partial charge in [0.2, 0.25) is 5.91 Å². The summed E-state index contributed by atoms with van der Waals surface area (Å²) in [6.45, 7) is -10.0. The number of carbonyl (C=O) groups is 1. The summed E-state index contributed by atoms with van der Waals surface area (Å²) in [4.78, 5) is 12.4. The second-order valence-electron chi connectivity index (χ2n) is 28.8. The van der Waals surface area contributed by atoms with Gasteiger partial charge in [-0.25, -0.2) is 0 Å². The Balaban J connectivity index is 1.00. The van der Waals surface area contributed by atoms with Gasteiger partial charge in [-0.2, -0.15) is 0 Å². The maximum atomic E-state index is 12.7. The normalized spacial score (nSPS) is 52.6. The fourth-order valence-electron chi connectivity index (χ4n) is 14.5. The van der Waals surface area contributed by atoms with Gasteiger partial charge in [-0.1, -0.05) is 0 Å². The Morgan fingerprint density at radius 1 is 0.228 bits per heavy atom. The first kappa shape index (κ1) is 93.7. The van der Waals surface area contributed by atoms with Crippen molar-refractivity contribution >= 4 is 5.91 Å². The topological polar surface area (TPSA) is 832 Å². The fourth-order valence-corrected chi connectivity index (χ4v) is 14.5. The van der Waals surface area contributed by atoms with Gasteiger partial charge in [0.25, 0.3) is 0 Å². The molecule has 10 fully saturated rings. The predicted molar refractivity (Wildman–Crippen MR) is 341 cm³/mol. The molecular formula is C62H105NO51. The van der Waals surface area contributed by atoms with Crippen LogP contribution in [-0.2, 0) is 94.8 Å². The van der Waals surface area contributed by atoms with Gasteiger partial charge in [0.1, 0.15) is 244 Å². The molecule has 0 aromatic carbocycles. The predicted octanol–water partition coefficient (Wildman–Crippen LogP) is -22.7. The minimum atomic E-state index is -2.63. The number of carbonyl (C=O) groups excluding carboxylic acids is 1. The number of hydrogen-bond acceptors (Lipinski definition) is 51. The SMILES string of the molecule is CC(=O)N[C@@H]1[C@@H](O)[C@H](O[C@H]2O[C@H](CO[C@H]3O[C@H](CO[C@H]4O[C@H](CO)[C@@H](O)[C@H](O)[C@@H]4O[C@H]4O[C@H](CO)[C@@H](O)[C@H](O)[C@@H]4O)[C@@H](O)[C@H](O[C@H]4O[C@H](CO)[C@@H](O)[C@H](O)[C@@H]4O)[C@@H]3O)[C@@H](O)[C@H](O[C@H]3O[C@H](CO[C@H]4O[C@H](CO)[C@@H](O)[C@@H](O)[C@@H]4O)[C@@H](O)[C@H](O)[C@@H]3O[C@H]3O[C@H](CO)[C@@H](O)[C@H](O)[C@@H]3O[C@H]3O[C@H](CO)[C@@H](O)[C@H](O)[C@@H]3O)[C@@H]2O)[C@@H](CO)O[C@H]1O. The summed E-state index contributed by atoms with van der Waals surface area (Å²) in [6, 6.07) is -1.83. The molecule has 1 amide bonds. The van der Waals surface area contributed by atoms with Gasteiger partial charge in [0.15, 0.2) is 62.9 Å². The highest BCUT2D eigenvalue weighted by molar-refractivity contribution is 5.73. The lowest BCUT2D eigenvalue weighted by atomic mass is 9.94. The van der Waals surface area contributed by atoms with Crippen LogP contribution in [0.4, 0.5) is 0 Å². The highest BCUT2D eigenvalue weighted by Crippen LogP contribution is 2.40. The van der Waals surface area contributed by atoms with Crippen molar-refractivity contribution in [3.05, 3.63) is 0 Å². The van der Waals surface area contributed by atoms with Crippen molar-refractivity contribution in [2.24, 2.45) is 0 Å². The van der Waals surface area contributed by atoms with Crippen molar-refractivity contribution in [1.29, 1.82) is 0 Å². The van der Waals surface area contributed by atoms with E-state index in [1.54, 1.807) is 0 Å². The van der Waals surface area contributed by atoms with Crippen LogP contribution >= 0.6 is 0 Å². The molecule has 10 rings (SSSR count). The Morgan fingerprint density at radius 3 is 0.851 bits per heavy atom. The molecule has 52 heteroatoms. The van der Waals surface area contributed by atoms with E-state index in [-0.39, 0.29) is 0 Å². The molecule has 0 aromatic rings. The summed E-state index contributed by atoms with van der Waals surface area (Å²) >= 11 is 0. The molecule has 114 heavy (non-hydrogen) atoms. The van der Waals surface area contributed by atoms with E-state index in [1.807, 2.05) is 0 Å². The van der Waals surface area contributed by atoms with Crippen LogP contribution in [-0.4, -0.2) is 537 Å². The lowest BCUT2D eigenvalue weighted by Gasteiger charge is -2.50. The summed E-state index contributed by atoms with van der Waals surface area (Å²) in [7, 11) is 0. The Bertz CT molecular complexity index is 2910. The first-order valence-electron chi connectivity index (χ1n) is 36.2. The van der Waals surface area contributed by atoms with Crippen molar-refractivity contribution in [3.63, 3.8) is 0 Å². The summed E-state index contributed by atoms with van der Waals surface area (Å²) < 4.78 is 110. The smallest absolute Gasteiger partial charge is 0.217 e. The third-order valence-corrected chi connectivity index (χ3v) is 21.2.